The van der Waals surface area contributed by atoms with E-state index in [-0.39, 0.29) is 12.3 Å². The maximum Gasteiger partial charge on any atom is 0.310 e. The summed E-state index contributed by atoms with van der Waals surface area (Å²) in [6.07, 6.45) is -1.54. The average molecular weight is 382 g/mol. The van der Waals surface area contributed by atoms with Crippen molar-refractivity contribution >= 4 is 23.5 Å². The Kier molecular flexibility index (Phi) is 6.26. The molecule has 28 heavy (non-hydrogen) atoms. The summed E-state index contributed by atoms with van der Waals surface area (Å²) < 4.78 is 10.7. The molecule has 2 aromatic rings. The van der Waals surface area contributed by atoms with Crippen molar-refractivity contribution in [3.05, 3.63) is 60.2 Å². The standard InChI is InChI=1S/C21H22N2O5/c1-14(20(25)22-12-11-15-7-3-2-4-8-15)27-19(24)13-18-21(26)23-16-9-5-6-10-17(16)28-18/h2-10,14,18H,11-13H2,1H3,(H,22,25)(H,23,26)/t14-,18+/m0/s1. The van der Waals surface area contributed by atoms with Gasteiger partial charge in [-0.3, -0.25) is 14.4 Å². The van der Waals surface area contributed by atoms with Crippen LogP contribution in [0.15, 0.2) is 54.6 Å². The average Bonchev–Trinajstić information content (AvgIpc) is 2.69. The van der Waals surface area contributed by atoms with Gasteiger partial charge >= 0.3 is 5.97 Å². The Morgan fingerprint density at radius 1 is 1.14 bits per heavy atom. The Bertz CT molecular complexity index is 853. The zero-order chi connectivity index (χ0) is 19.9. The molecule has 0 fully saturated rings. The minimum absolute atomic E-state index is 0.276. The summed E-state index contributed by atoms with van der Waals surface area (Å²) in [6.45, 7) is 1.93. The minimum Gasteiger partial charge on any atom is -0.478 e. The molecule has 2 aromatic carbocycles. The van der Waals surface area contributed by atoms with E-state index >= 15 is 0 Å². The molecule has 0 saturated heterocycles. The molecule has 7 nitrogen and oxygen atoms in total. The van der Waals surface area contributed by atoms with E-state index in [4.69, 9.17) is 9.47 Å². The van der Waals surface area contributed by atoms with Crippen LogP contribution in [0.3, 0.4) is 0 Å². The smallest absolute Gasteiger partial charge is 0.310 e. The number of esters is 1. The lowest BCUT2D eigenvalue weighted by Gasteiger charge is -2.25. The quantitative estimate of drug-likeness (QED) is 0.715. The Labute approximate surface area is 163 Å². The number of benzene rings is 2. The molecule has 0 bridgehead atoms. The molecule has 0 unspecified atom stereocenters. The number of anilines is 1. The summed E-state index contributed by atoms with van der Waals surface area (Å²) in [7, 11) is 0. The fraction of sp³-hybridized carbons (Fsp3) is 0.286. The summed E-state index contributed by atoms with van der Waals surface area (Å²) in [5.74, 6) is -0.990. The largest absolute Gasteiger partial charge is 0.478 e. The molecule has 0 aromatic heterocycles. The highest BCUT2D eigenvalue weighted by molar-refractivity contribution is 5.99. The second kappa shape index (κ2) is 9.03. The van der Waals surface area contributed by atoms with Gasteiger partial charge in [0.2, 0.25) is 0 Å². The van der Waals surface area contributed by atoms with E-state index in [0.29, 0.717) is 24.4 Å². The lowest BCUT2D eigenvalue weighted by molar-refractivity contribution is -0.157. The van der Waals surface area contributed by atoms with Crippen LogP contribution in [-0.2, 0) is 25.5 Å². The molecule has 0 aliphatic carbocycles. The highest BCUT2D eigenvalue weighted by Gasteiger charge is 2.31. The monoisotopic (exact) mass is 382 g/mol. The van der Waals surface area contributed by atoms with Crippen LogP contribution in [0.5, 0.6) is 5.75 Å². The summed E-state index contributed by atoms with van der Waals surface area (Å²) in [6, 6.07) is 16.7. The Morgan fingerprint density at radius 3 is 2.64 bits per heavy atom. The van der Waals surface area contributed by atoms with Crippen LogP contribution in [0.2, 0.25) is 0 Å². The molecule has 2 atom stereocenters. The van der Waals surface area contributed by atoms with Crippen molar-refractivity contribution in [2.75, 3.05) is 11.9 Å². The summed E-state index contributed by atoms with van der Waals surface area (Å²) in [5, 5.41) is 5.42. The van der Waals surface area contributed by atoms with Crippen molar-refractivity contribution in [2.24, 2.45) is 0 Å². The van der Waals surface area contributed by atoms with Crippen LogP contribution in [0.1, 0.15) is 18.9 Å². The van der Waals surface area contributed by atoms with Crippen LogP contribution in [0, 0.1) is 0 Å². The Balaban J connectivity index is 1.43. The first-order chi connectivity index (χ1) is 13.5. The van der Waals surface area contributed by atoms with Gasteiger partial charge in [-0.05, 0) is 31.0 Å². The van der Waals surface area contributed by atoms with Crippen molar-refractivity contribution in [3.8, 4) is 5.75 Å². The first-order valence-corrected chi connectivity index (χ1v) is 9.10. The number of hydrogen-bond donors (Lipinski definition) is 2. The molecule has 3 rings (SSSR count). The van der Waals surface area contributed by atoms with Crippen LogP contribution in [0.25, 0.3) is 0 Å². The van der Waals surface area contributed by atoms with Gasteiger partial charge in [0.25, 0.3) is 11.8 Å². The third kappa shape index (κ3) is 5.09. The van der Waals surface area contributed by atoms with E-state index in [1.807, 2.05) is 30.3 Å². The lowest BCUT2D eigenvalue weighted by atomic mass is 10.1. The second-order valence-electron chi connectivity index (χ2n) is 6.45. The van der Waals surface area contributed by atoms with Crippen LogP contribution >= 0.6 is 0 Å². The van der Waals surface area contributed by atoms with Gasteiger partial charge in [0.05, 0.1) is 12.1 Å². The van der Waals surface area contributed by atoms with Crippen molar-refractivity contribution in [2.45, 2.75) is 32.0 Å². The summed E-state index contributed by atoms with van der Waals surface area (Å²) >= 11 is 0. The molecule has 1 aliphatic heterocycles. The minimum atomic E-state index is -0.990. The van der Waals surface area contributed by atoms with Gasteiger partial charge < -0.3 is 20.1 Å². The zero-order valence-corrected chi connectivity index (χ0v) is 15.5. The summed E-state index contributed by atoms with van der Waals surface area (Å²) in [5.41, 5.74) is 1.66. The number of nitrogens with one attached hydrogen (secondary N) is 2. The SMILES string of the molecule is C[C@H](OC(=O)C[C@H]1Oc2ccccc2NC1=O)C(=O)NCCc1ccccc1. The zero-order valence-electron chi connectivity index (χ0n) is 15.5. The third-order valence-corrected chi connectivity index (χ3v) is 4.29. The van der Waals surface area contributed by atoms with Crippen LogP contribution < -0.4 is 15.4 Å². The van der Waals surface area contributed by atoms with Gasteiger partial charge in [0.1, 0.15) is 5.75 Å². The van der Waals surface area contributed by atoms with Crippen molar-refractivity contribution in [1.29, 1.82) is 0 Å². The number of ether oxygens (including phenoxy) is 2. The fourth-order valence-electron chi connectivity index (χ4n) is 2.80. The highest BCUT2D eigenvalue weighted by Crippen LogP contribution is 2.29. The van der Waals surface area contributed by atoms with E-state index in [1.165, 1.54) is 6.92 Å². The van der Waals surface area contributed by atoms with Crippen molar-refractivity contribution < 1.29 is 23.9 Å². The predicted octanol–water partition coefficient (Wildman–Crippen LogP) is 2.07. The molecule has 2 amide bonds. The molecule has 7 heteroatoms. The number of hydrogen-bond acceptors (Lipinski definition) is 5. The van der Waals surface area contributed by atoms with E-state index in [0.717, 1.165) is 5.56 Å². The fourth-order valence-corrected chi connectivity index (χ4v) is 2.80. The van der Waals surface area contributed by atoms with Gasteiger partial charge in [-0.25, -0.2) is 0 Å². The normalized spacial score (nSPS) is 16.2. The van der Waals surface area contributed by atoms with Gasteiger partial charge in [0, 0.05) is 6.54 Å². The number of carbonyl (C=O) groups is 3. The van der Waals surface area contributed by atoms with E-state index < -0.39 is 24.1 Å². The number of para-hydroxylation sites is 2. The second-order valence-corrected chi connectivity index (χ2v) is 6.45. The Hall–Kier alpha value is -3.35. The molecule has 0 saturated carbocycles. The lowest BCUT2D eigenvalue weighted by Crippen LogP contribution is -2.41. The van der Waals surface area contributed by atoms with Gasteiger partial charge in [-0.2, -0.15) is 0 Å². The third-order valence-electron chi connectivity index (χ3n) is 4.29. The van der Waals surface area contributed by atoms with Gasteiger partial charge in [0.15, 0.2) is 12.2 Å². The van der Waals surface area contributed by atoms with Crippen molar-refractivity contribution in [1.82, 2.24) is 5.32 Å². The number of amides is 2. The number of rotatable bonds is 7. The molecule has 0 spiro atoms. The summed E-state index contributed by atoms with van der Waals surface area (Å²) in [4.78, 5) is 36.3. The predicted molar refractivity (Wildman–Crippen MR) is 103 cm³/mol. The number of carbonyl (C=O) groups excluding carboxylic acids is 3. The molecular weight excluding hydrogens is 360 g/mol. The molecule has 1 heterocycles. The first kappa shape index (κ1) is 19.4. The van der Waals surface area contributed by atoms with E-state index in [1.54, 1.807) is 24.3 Å². The van der Waals surface area contributed by atoms with E-state index in [9.17, 15) is 14.4 Å². The van der Waals surface area contributed by atoms with Gasteiger partial charge in [-0.1, -0.05) is 42.5 Å². The van der Waals surface area contributed by atoms with E-state index in [2.05, 4.69) is 10.6 Å². The van der Waals surface area contributed by atoms with Gasteiger partial charge in [-0.15, -0.1) is 0 Å². The molecule has 0 radical (unpaired) electrons. The number of fused-ring (bicyclic) bond motifs is 1. The van der Waals surface area contributed by atoms with Crippen molar-refractivity contribution in [3.63, 3.8) is 0 Å². The first-order valence-electron chi connectivity index (χ1n) is 9.10. The maximum absolute atomic E-state index is 12.1. The molecule has 2 N–H and O–H groups in total. The maximum atomic E-state index is 12.1. The Morgan fingerprint density at radius 2 is 1.86 bits per heavy atom. The molecule has 146 valence electrons. The van der Waals surface area contributed by atoms with Crippen LogP contribution in [-0.4, -0.2) is 36.5 Å². The molecular formula is C21H22N2O5. The van der Waals surface area contributed by atoms with Crippen LogP contribution in [0.4, 0.5) is 5.69 Å². The molecule has 1 aliphatic rings. The highest BCUT2D eigenvalue weighted by atomic mass is 16.6. The topological polar surface area (TPSA) is 93.7 Å².